The molecular formula is C17H23NO4. The number of esters is 1. The first kappa shape index (κ1) is 17.9. The first-order valence-corrected chi connectivity index (χ1v) is 7.13. The first-order chi connectivity index (χ1) is 10.2. The van der Waals surface area contributed by atoms with Crippen LogP contribution < -0.4 is 5.73 Å². The highest BCUT2D eigenvalue weighted by molar-refractivity contribution is 5.95. The van der Waals surface area contributed by atoms with Crippen molar-refractivity contribution in [1.29, 1.82) is 0 Å². The maximum Gasteiger partial charge on any atom is 0.322 e. The van der Waals surface area contributed by atoms with Crippen molar-refractivity contribution in [2.24, 2.45) is 11.7 Å². The third kappa shape index (κ3) is 6.10. The molecule has 5 nitrogen and oxygen atoms in total. The molecule has 0 aliphatic heterocycles. The van der Waals surface area contributed by atoms with Crippen LogP contribution in [-0.2, 0) is 14.3 Å². The molecule has 0 spiro atoms. The van der Waals surface area contributed by atoms with Gasteiger partial charge in [-0.15, -0.1) is 0 Å². The van der Waals surface area contributed by atoms with E-state index in [-0.39, 0.29) is 6.42 Å². The molecule has 120 valence electrons. The number of nitrogens with two attached hydrogens (primary N) is 1. The summed E-state index contributed by atoms with van der Waals surface area (Å²) in [5.41, 5.74) is 6.11. The molecule has 0 unspecified atom stereocenters. The van der Waals surface area contributed by atoms with Crippen LogP contribution in [0.15, 0.2) is 36.4 Å². The number of aliphatic carboxylic acids is 1. The molecule has 0 aromatic heterocycles. The summed E-state index contributed by atoms with van der Waals surface area (Å²) in [6.45, 7) is 5.06. The summed E-state index contributed by atoms with van der Waals surface area (Å²) < 4.78 is 5.12. The highest BCUT2D eigenvalue weighted by Crippen LogP contribution is 2.16. The van der Waals surface area contributed by atoms with Crippen LogP contribution in [0, 0.1) is 5.92 Å². The van der Waals surface area contributed by atoms with Crippen molar-refractivity contribution in [3.63, 3.8) is 0 Å². The van der Waals surface area contributed by atoms with Crippen molar-refractivity contribution < 1.29 is 19.4 Å². The van der Waals surface area contributed by atoms with Gasteiger partial charge in [-0.2, -0.15) is 0 Å². The van der Waals surface area contributed by atoms with E-state index in [1.165, 1.54) is 0 Å². The minimum Gasteiger partial charge on any atom is -0.481 e. The zero-order chi connectivity index (χ0) is 16.8. The van der Waals surface area contributed by atoms with Gasteiger partial charge >= 0.3 is 11.9 Å². The van der Waals surface area contributed by atoms with Crippen molar-refractivity contribution in [1.82, 2.24) is 0 Å². The molecule has 1 rings (SSSR count). The molecule has 0 aliphatic rings. The summed E-state index contributed by atoms with van der Waals surface area (Å²) in [7, 11) is 0. The molecule has 0 saturated carbocycles. The number of carbonyl (C=O) groups is 2. The van der Waals surface area contributed by atoms with Crippen LogP contribution in [0.25, 0.3) is 6.08 Å². The normalized spacial score (nSPS) is 14.5. The van der Waals surface area contributed by atoms with Gasteiger partial charge in [0.2, 0.25) is 0 Å². The van der Waals surface area contributed by atoms with Gasteiger partial charge in [0.1, 0.15) is 5.60 Å². The quantitative estimate of drug-likeness (QED) is 0.622. The van der Waals surface area contributed by atoms with Crippen LogP contribution in [0.1, 0.15) is 32.8 Å². The fourth-order valence-electron chi connectivity index (χ4n) is 1.89. The third-order valence-electron chi connectivity index (χ3n) is 2.87. The lowest BCUT2D eigenvalue weighted by molar-refractivity contribution is -0.167. The summed E-state index contributed by atoms with van der Waals surface area (Å²) >= 11 is 0. The number of hydrogen-bond acceptors (Lipinski definition) is 4. The molecular weight excluding hydrogens is 282 g/mol. The predicted octanol–water partition coefficient (Wildman–Crippen LogP) is 2.46. The summed E-state index contributed by atoms with van der Waals surface area (Å²) in [5.74, 6) is -3.45. The fraction of sp³-hybridized carbons (Fsp3) is 0.412. The summed E-state index contributed by atoms with van der Waals surface area (Å²) in [6.07, 6.45) is 3.87. The maximum absolute atomic E-state index is 12.0. The Kier molecular flexibility index (Phi) is 6.31. The Labute approximate surface area is 130 Å². The van der Waals surface area contributed by atoms with Crippen molar-refractivity contribution in [2.45, 2.75) is 38.8 Å². The third-order valence-corrected chi connectivity index (χ3v) is 2.87. The van der Waals surface area contributed by atoms with Crippen molar-refractivity contribution in [3.8, 4) is 0 Å². The van der Waals surface area contributed by atoms with Crippen LogP contribution in [0.5, 0.6) is 0 Å². The molecule has 0 amide bonds. The second-order valence-corrected chi connectivity index (χ2v) is 6.06. The minimum absolute atomic E-state index is 0.269. The van der Waals surface area contributed by atoms with Crippen LogP contribution in [0.3, 0.4) is 0 Å². The monoisotopic (exact) mass is 305 g/mol. The molecule has 1 aromatic rings. The second kappa shape index (κ2) is 7.75. The molecule has 0 saturated heterocycles. The highest BCUT2D eigenvalue weighted by Gasteiger charge is 2.35. The molecule has 2 atom stereocenters. The topological polar surface area (TPSA) is 89.6 Å². The number of carboxylic acids is 1. The highest BCUT2D eigenvalue weighted by atomic mass is 16.6. The van der Waals surface area contributed by atoms with E-state index in [1.807, 2.05) is 36.4 Å². The summed E-state index contributed by atoms with van der Waals surface area (Å²) in [4.78, 5) is 23.3. The number of ether oxygens (including phenoxy) is 1. The molecule has 5 heteroatoms. The van der Waals surface area contributed by atoms with Crippen LogP contribution in [0.2, 0.25) is 0 Å². The Morgan fingerprint density at radius 1 is 1.27 bits per heavy atom. The predicted molar refractivity (Wildman–Crippen MR) is 85.0 cm³/mol. The lowest BCUT2D eigenvalue weighted by Crippen LogP contribution is -2.43. The summed E-state index contributed by atoms with van der Waals surface area (Å²) in [6, 6.07) is 8.72. The van der Waals surface area contributed by atoms with Gasteiger partial charge < -0.3 is 15.6 Å². The molecule has 0 bridgehead atoms. The van der Waals surface area contributed by atoms with Crippen molar-refractivity contribution in [3.05, 3.63) is 42.0 Å². The number of carbonyl (C=O) groups excluding carboxylic acids is 1. The Hall–Kier alpha value is -2.14. The van der Waals surface area contributed by atoms with Crippen LogP contribution in [-0.4, -0.2) is 28.7 Å². The Morgan fingerprint density at radius 2 is 1.86 bits per heavy atom. The van der Waals surface area contributed by atoms with E-state index < -0.39 is 29.5 Å². The first-order valence-electron chi connectivity index (χ1n) is 7.13. The van der Waals surface area contributed by atoms with Crippen LogP contribution >= 0.6 is 0 Å². The van der Waals surface area contributed by atoms with Crippen molar-refractivity contribution >= 4 is 18.0 Å². The Morgan fingerprint density at radius 3 is 2.36 bits per heavy atom. The molecule has 22 heavy (non-hydrogen) atoms. The van der Waals surface area contributed by atoms with E-state index in [4.69, 9.17) is 10.5 Å². The summed E-state index contributed by atoms with van der Waals surface area (Å²) in [5, 5.41) is 9.22. The molecule has 1 aromatic carbocycles. The number of rotatable bonds is 6. The zero-order valence-corrected chi connectivity index (χ0v) is 13.2. The number of carboxylic acid groups (broad SMARTS) is 1. The lowest BCUT2D eigenvalue weighted by atomic mass is 9.97. The fourth-order valence-corrected chi connectivity index (χ4v) is 1.89. The molecule has 0 radical (unpaired) electrons. The van der Waals surface area contributed by atoms with Gasteiger partial charge in [-0.25, -0.2) is 0 Å². The average molecular weight is 305 g/mol. The SMILES string of the molecule is CC(C)(C)OC(=O)[C@@H](C(=O)O)[C@@H](N)C/C=C\c1ccccc1. The largest absolute Gasteiger partial charge is 0.481 e. The van der Waals surface area contributed by atoms with E-state index in [0.29, 0.717) is 0 Å². The smallest absolute Gasteiger partial charge is 0.322 e. The van der Waals surface area contributed by atoms with Gasteiger partial charge in [0.05, 0.1) is 0 Å². The van der Waals surface area contributed by atoms with Gasteiger partial charge in [-0.05, 0) is 32.8 Å². The van der Waals surface area contributed by atoms with Gasteiger partial charge in [-0.1, -0.05) is 42.5 Å². The molecule has 0 aliphatic carbocycles. The number of hydrogen-bond donors (Lipinski definition) is 2. The van der Waals surface area contributed by atoms with E-state index in [0.717, 1.165) is 5.56 Å². The van der Waals surface area contributed by atoms with E-state index in [2.05, 4.69) is 0 Å². The Bertz CT molecular complexity index is 531. The van der Waals surface area contributed by atoms with Crippen LogP contribution in [0.4, 0.5) is 0 Å². The molecule has 0 fully saturated rings. The van der Waals surface area contributed by atoms with Gasteiger partial charge in [-0.3, -0.25) is 9.59 Å². The van der Waals surface area contributed by atoms with E-state index >= 15 is 0 Å². The second-order valence-electron chi connectivity index (χ2n) is 6.06. The minimum atomic E-state index is -1.38. The standard InChI is InChI=1S/C17H23NO4/c1-17(2,3)22-16(21)14(15(19)20)13(18)11-7-10-12-8-5-4-6-9-12/h4-10,13-14H,11,18H2,1-3H3,(H,19,20)/b10-7-/t13-,14+/m0/s1. The molecule has 3 N–H and O–H groups in total. The van der Waals surface area contributed by atoms with Crippen molar-refractivity contribution in [2.75, 3.05) is 0 Å². The van der Waals surface area contributed by atoms with E-state index in [1.54, 1.807) is 26.8 Å². The van der Waals surface area contributed by atoms with E-state index in [9.17, 15) is 14.7 Å². The van der Waals surface area contributed by atoms with Gasteiger partial charge in [0.25, 0.3) is 0 Å². The lowest BCUT2D eigenvalue weighted by Gasteiger charge is -2.24. The zero-order valence-electron chi connectivity index (χ0n) is 13.2. The Balaban J connectivity index is 2.69. The number of benzene rings is 1. The van der Waals surface area contributed by atoms with Gasteiger partial charge in [0.15, 0.2) is 5.92 Å². The molecule has 0 heterocycles. The van der Waals surface area contributed by atoms with Gasteiger partial charge in [0, 0.05) is 6.04 Å². The maximum atomic E-state index is 12.0. The average Bonchev–Trinajstić information content (AvgIpc) is 2.37.